The summed E-state index contributed by atoms with van der Waals surface area (Å²) in [6, 6.07) is 9.54. The molecule has 1 aromatic carbocycles. The first kappa shape index (κ1) is 15.1. The number of carbonyl (C=O) groups is 1. The molecule has 0 aliphatic carbocycles. The summed E-state index contributed by atoms with van der Waals surface area (Å²) < 4.78 is 0. The van der Waals surface area contributed by atoms with E-state index in [1.807, 2.05) is 44.2 Å². The summed E-state index contributed by atoms with van der Waals surface area (Å²) in [6.07, 6.45) is 0. The number of anilines is 1. The van der Waals surface area contributed by atoms with Crippen molar-refractivity contribution in [1.29, 1.82) is 0 Å². The van der Waals surface area contributed by atoms with Crippen LogP contribution in [0, 0.1) is 5.41 Å². The molecule has 1 unspecified atom stereocenters. The number of hydrogen-bond donors (Lipinski definition) is 2. The summed E-state index contributed by atoms with van der Waals surface area (Å²) in [5, 5.41) is 3.32. The van der Waals surface area contributed by atoms with Gasteiger partial charge in [-0.25, -0.2) is 0 Å². The van der Waals surface area contributed by atoms with E-state index < -0.39 is 5.41 Å². The van der Waals surface area contributed by atoms with E-state index in [2.05, 4.69) is 12.2 Å². The standard InChI is InChI=1S/C14H22N2OS/c1-11(9-15)18-10-14(2,3)13(17)16-12-7-5-4-6-8-12/h4-8,11H,9-10,15H2,1-3H3,(H,16,17). The molecule has 0 heterocycles. The molecule has 3 nitrogen and oxygen atoms in total. The number of thioether (sulfide) groups is 1. The van der Waals surface area contributed by atoms with Gasteiger partial charge in [0.1, 0.15) is 0 Å². The van der Waals surface area contributed by atoms with Gasteiger partial charge in [-0.3, -0.25) is 4.79 Å². The Hall–Kier alpha value is -1.00. The highest BCUT2D eigenvalue weighted by Gasteiger charge is 2.28. The van der Waals surface area contributed by atoms with E-state index in [0.717, 1.165) is 11.4 Å². The average Bonchev–Trinajstić information content (AvgIpc) is 2.37. The zero-order valence-electron chi connectivity index (χ0n) is 11.3. The molecular formula is C14H22N2OS. The number of carbonyl (C=O) groups excluding carboxylic acids is 1. The zero-order chi connectivity index (χ0) is 13.6. The van der Waals surface area contributed by atoms with Crippen LogP contribution in [0.1, 0.15) is 20.8 Å². The number of hydrogen-bond acceptors (Lipinski definition) is 3. The number of benzene rings is 1. The predicted octanol–water partition coefficient (Wildman–Crippen LogP) is 2.73. The monoisotopic (exact) mass is 266 g/mol. The highest BCUT2D eigenvalue weighted by molar-refractivity contribution is 7.99. The Bertz CT molecular complexity index is 379. The second kappa shape index (κ2) is 6.81. The van der Waals surface area contributed by atoms with Gasteiger partial charge in [-0.2, -0.15) is 11.8 Å². The minimum Gasteiger partial charge on any atom is -0.329 e. The summed E-state index contributed by atoms with van der Waals surface area (Å²) in [6.45, 7) is 6.64. The van der Waals surface area contributed by atoms with Gasteiger partial charge < -0.3 is 11.1 Å². The van der Waals surface area contributed by atoms with Gasteiger partial charge in [0.25, 0.3) is 0 Å². The second-order valence-corrected chi connectivity index (χ2v) is 6.49. The predicted molar refractivity (Wildman–Crippen MR) is 79.8 cm³/mol. The zero-order valence-corrected chi connectivity index (χ0v) is 12.1. The van der Waals surface area contributed by atoms with Gasteiger partial charge in [-0.15, -0.1) is 0 Å². The van der Waals surface area contributed by atoms with Crippen molar-refractivity contribution >= 4 is 23.4 Å². The highest BCUT2D eigenvalue weighted by Crippen LogP contribution is 2.26. The summed E-state index contributed by atoms with van der Waals surface area (Å²) in [4.78, 5) is 12.2. The van der Waals surface area contributed by atoms with Crippen molar-refractivity contribution in [3.8, 4) is 0 Å². The second-order valence-electron chi connectivity index (χ2n) is 5.06. The van der Waals surface area contributed by atoms with E-state index in [1.54, 1.807) is 11.8 Å². The highest BCUT2D eigenvalue weighted by atomic mass is 32.2. The summed E-state index contributed by atoms with van der Waals surface area (Å²) >= 11 is 1.74. The van der Waals surface area contributed by atoms with Gasteiger partial charge in [-0.1, -0.05) is 39.0 Å². The maximum absolute atomic E-state index is 12.2. The molecule has 18 heavy (non-hydrogen) atoms. The molecule has 0 saturated carbocycles. The minimum atomic E-state index is -0.399. The van der Waals surface area contributed by atoms with Gasteiger partial charge in [0, 0.05) is 23.2 Å². The number of nitrogens with one attached hydrogen (secondary N) is 1. The van der Waals surface area contributed by atoms with Crippen molar-refractivity contribution in [2.75, 3.05) is 17.6 Å². The van der Waals surface area contributed by atoms with E-state index in [4.69, 9.17) is 5.73 Å². The molecule has 1 aromatic rings. The number of rotatable bonds is 6. The molecule has 1 rings (SSSR count). The van der Waals surface area contributed by atoms with Crippen LogP contribution >= 0.6 is 11.8 Å². The smallest absolute Gasteiger partial charge is 0.230 e. The average molecular weight is 266 g/mol. The fourth-order valence-electron chi connectivity index (χ4n) is 1.31. The number of nitrogens with two attached hydrogens (primary N) is 1. The van der Waals surface area contributed by atoms with Crippen LogP contribution in [0.3, 0.4) is 0 Å². The molecule has 100 valence electrons. The molecule has 0 bridgehead atoms. The fourth-order valence-corrected chi connectivity index (χ4v) is 2.27. The van der Waals surface area contributed by atoms with Crippen LogP contribution in [0.2, 0.25) is 0 Å². The third-order valence-electron chi connectivity index (χ3n) is 2.71. The topological polar surface area (TPSA) is 55.1 Å². The minimum absolute atomic E-state index is 0.0467. The van der Waals surface area contributed by atoms with Crippen molar-refractivity contribution in [2.45, 2.75) is 26.0 Å². The SMILES string of the molecule is CC(CN)SCC(C)(C)C(=O)Nc1ccccc1. The molecule has 0 saturated heterocycles. The molecule has 0 aliphatic rings. The van der Waals surface area contributed by atoms with Crippen LogP contribution in [0.4, 0.5) is 5.69 Å². The van der Waals surface area contributed by atoms with E-state index in [0.29, 0.717) is 11.8 Å². The Morgan fingerprint density at radius 2 is 2.00 bits per heavy atom. The van der Waals surface area contributed by atoms with Crippen LogP contribution in [-0.4, -0.2) is 23.5 Å². The Labute approximate surface area is 114 Å². The van der Waals surface area contributed by atoms with E-state index in [9.17, 15) is 4.79 Å². The van der Waals surface area contributed by atoms with Crippen LogP contribution in [-0.2, 0) is 4.79 Å². The molecule has 0 aromatic heterocycles. The summed E-state index contributed by atoms with van der Waals surface area (Å²) in [5.41, 5.74) is 6.02. The first-order valence-corrected chi connectivity index (χ1v) is 7.19. The van der Waals surface area contributed by atoms with Crippen molar-refractivity contribution in [3.05, 3.63) is 30.3 Å². The van der Waals surface area contributed by atoms with Gasteiger partial charge in [-0.05, 0) is 12.1 Å². The van der Waals surface area contributed by atoms with Gasteiger partial charge in [0.2, 0.25) is 5.91 Å². The maximum Gasteiger partial charge on any atom is 0.230 e. The third kappa shape index (κ3) is 4.70. The normalized spacial score (nSPS) is 13.1. The van der Waals surface area contributed by atoms with Crippen molar-refractivity contribution in [3.63, 3.8) is 0 Å². The van der Waals surface area contributed by atoms with Crippen molar-refractivity contribution in [1.82, 2.24) is 0 Å². The van der Waals surface area contributed by atoms with Crippen LogP contribution in [0.5, 0.6) is 0 Å². The lowest BCUT2D eigenvalue weighted by Crippen LogP contribution is -2.33. The van der Waals surface area contributed by atoms with E-state index in [-0.39, 0.29) is 5.91 Å². The number of amides is 1. The maximum atomic E-state index is 12.2. The molecular weight excluding hydrogens is 244 g/mol. The molecule has 0 fully saturated rings. The van der Waals surface area contributed by atoms with Gasteiger partial charge in [0.05, 0.1) is 5.41 Å². The van der Waals surface area contributed by atoms with E-state index in [1.165, 1.54) is 0 Å². The lowest BCUT2D eigenvalue weighted by molar-refractivity contribution is -0.122. The van der Waals surface area contributed by atoms with Crippen LogP contribution in [0.25, 0.3) is 0 Å². The van der Waals surface area contributed by atoms with Crippen LogP contribution < -0.4 is 11.1 Å². The molecule has 3 N–H and O–H groups in total. The molecule has 0 spiro atoms. The summed E-state index contributed by atoms with van der Waals surface area (Å²) in [5.74, 6) is 0.815. The third-order valence-corrected chi connectivity index (χ3v) is 4.36. The van der Waals surface area contributed by atoms with E-state index >= 15 is 0 Å². The lowest BCUT2D eigenvalue weighted by Gasteiger charge is -2.24. The quantitative estimate of drug-likeness (QED) is 0.832. The van der Waals surface area contributed by atoms with Gasteiger partial charge in [0.15, 0.2) is 0 Å². The lowest BCUT2D eigenvalue weighted by atomic mass is 9.95. The Morgan fingerprint density at radius 1 is 1.39 bits per heavy atom. The first-order chi connectivity index (χ1) is 8.45. The Balaban J connectivity index is 2.54. The fraction of sp³-hybridized carbons (Fsp3) is 0.500. The molecule has 1 amide bonds. The molecule has 1 atom stereocenters. The molecule has 0 radical (unpaired) electrons. The largest absolute Gasteiger partial charge is 0.329 e. The summed E-state index contributed by atoms with van der Waals surface area (Å²) in [7, 11) is 0. The van der Waals surface area contributed by atoms with Gasteiger partial charge >= 0.3 is 0 Å². The van der Waals surface area contributed by atoms with Crippen molar-refractivity contribution in [2.24, 2.45) is 11.1 Å². The molecule has 4 heteroatoms. The van der Waals surface area contributed by atoms with Crippen LogP contribution in [0.15, 0.2) is 30.3 Å². The number of para-hydroxylation sites is 1. The Morgan fingerprint density at radius 3 is 2.56 bits per heavy atom. The Kier molecular flexibility index (Phi) is 5.69. The first-order valence-electron chi connectivity index (χ1n) is 6.14. The van der Waals surface area contributed by atoms with Crippen molar-refractivity contribution < 1.29 is 4.79 Å². The molecule has 0 aliphatic heterocycles.